The van der Waals surface area contributed by atoms with Crippen LogP contribution in [0.15, 0.2) is 30.3 Å². The molecule has 2 aromatic rings. The molecule has 1 aromatic carbocycles. The lowest BCUT2D eigenvalue weighted by molar-refractivity contribution is -0.137. The average molecular weight is 284 g/mol. The fourth-order valence-corrected chi connectivity index (χ4v) is 1.72. The van der Waals surface area contributed by atoms with Crippen LogP contribution < -0.4 is 5.32 Å². The highest BCUT2D eigenvalue weighted by molar-refractivity contribution is 5.63. The maximum absolute atomic E-state index is 13.5. The van der Waals surface area contributed by atoms with Crippen molar-refractivity contribution >= 4 is 5.82 Å². The van der Waals surface area contributed by atoms with Gasteiger partial charge in [-0.2, -0.15) is 13.2 Å². The summed E-state index contributed by atoms with van der Waals surface area (Å²) < 4.78 is 52.0. The zero-order valence-corrected chi connectivity index (χ0v) is 10.8. The van der Waals surface area contributed by atoms with Crippen LogP contribution in [0.4, 0.5) is 23.4 Å². The van der Waals surface area contributed by atoms with Crippen LogP contribution in [0.3, 0.4) is 0 Å². The minimum absolute atomic E-state index is 0.0723. The summed E-state index contributed by atoms with van der Waals surface area (Å²) in [6, 6.07) is 6.04. The first kappa shape index (κ1) is 14.3. The van der Waals surface area contributed by atoms with Gasteiger partial charge in [-0.15, -0.1) is 0 Å². The van der Waals surface area contributed by atoms with E-state index in [2.05, 4.69) is 10.3 Å². The third kappa shape index (κ3) is 2.89. The number of alkyl halides is 3. The van der Waals surface area contributed by atoms with E-state index in [1.807, 2.05) is 0 Å². The molecule has 2 nitrogen and oxygen atoms in total. The summed E-state index contributed by atoms with van der Waals surface area (Å²) in [5.74, 6) is -0.400. The minimum atomic E-state index is -4.48. The Kier molecular flexibility index (Phi) is 3.65. The third-order valence-corrected chi connectivity index (χ3v) is 2.88. The van der Waals surface area contributed by atoms with Gasteiger partial charge < -0.3 is 5.32 Å². The second kappa shape index (κ2) is 5.11. The van der Waals surface area contributed by atoms with Gasteiger partial charge in [0.2, 0.25) is 0 Å². The highest BCUT2D eigenvalue weighted by Crippen LogP contribution is 2.33. The van der Waals surface area contributed by atoms with Gasteiger partial charge in [-0.3, -0.25) is 0 Å². The summed E-state index contributed by atoms with van der Waals surface area (Å²) in [5.41, 5.74) is -0.0267. The predicted molar refractivity (Wildman–Crippen MR) is 68.9 cm³/mol. The molecule has 0 fully saturated rings. The molecule has 1 aromatic heterocycles. The molecule has 0 radical (unpaired) electrons. The highest BCUT2D eigenvalue weighted by Gasteiger charge is 2.31. The molecular formula is C14H12F4N2. The molecular weight excluding hydrogens is 272 g/mol. The summed E-state index contributed by atoms with van der Waals surface area (Å²) in [6.07, 6.45) is -4.48. The van der Waals surface area contributed by atoms with Crippen LogP contribution in [0, 0.1) is 12.7 Å². The van der Waals surface area contributed by atoms with E-state index < -0.39 is 17.6 Å². The molecule has 20 heavy (non-hydrogen) atoms. The quantitative estimate of drug-likeness (QED) is 0.834. The zero-order valence-electron chi connectivity index (χ0n) is 10.8. The van der Waals surface area contributed by atoms with Crippen LogP contribution in [0.1, 0.15) is 11.1 Å². The van der Waals surface area contributed by atoms with E-state index in [0.29, 0.717) is 11.1 Å². The Morgan fingerprint density at radius 1 is 1.10 bits per heavy atom. The summed E-state index contributed by atoms with van der Waals surface area (Å²) in [4.78, 5) is 4.03. The lowest BCUT2D eigenvalue weighted by Gasteiger charge is -2.11. The molecule has 106 valence electrons. The number of halogens is 4. The Labute approximate surface area is 113 Å². The Bertz CT molecular complexity index is 636. The molecule has 1 heterocycles. The Balaban J connectivity index is 2.58. The highest BCUT2D eigenvalue weighted by atomic mass is 19.4. The van der Waals surface area contributed by atoms with Gasteiger partial charge >= 0.3 is 6.18 Å². The van der Waals surface area contributed by atoms with E-state index in [1.54, 1.807) is 13.0 Å². The summed E-state index contributed by atoms with van der Waals surface area (Å²) in [5, 5.41) is 2.57. The van der Waals surface area contributed by atoms with Gasteiger partial charge in [0.25, 0.3) is 0 Å². The van der Waals surface area contributed by atoms with E-state index in [0.717, 1.165) is 12.1 Å². The monoisotopic (exact) mass is 284 g/mol. The van der Waals surface area contributed by atoms with E-state index in [-0.39, 0.29) is 11.5 Å². The Morgan fingerprint density at radius 2 is 1.80 bits per heavy atom. The zero-order chi connectivity index (χ0) is 14.9. The van der Waals surface area contributed by atoms with Crippen molar-refractivity contribution in [3.05, 3.63) is 47.3 Å². The van der Waals surface area contributed by atoms with Gasteiger partial charge in [0.05, 0.1) is 11.3 Å². The van der Waals surface area contributed by atoms with Gasteiger partial charge in [-0.1, -0.05) is 12.1 Å². The normalized spacial score (nSPS) is 11.5. The fraction of sp³-hybridized carbons (Fsp3) is 0.214. The first-order valence-electron chi connectivity index (χ1n) is 5.85. The van der Waals surface area contributed by atoms with Crippen molar-refractivity contribution in [2.75, 3.05) is 12.4 Å². The van der Waals surface area contributed by atoms with Crippen LogP contribution >= 0.6 is 0 Å². The number of nitrogens with one attached hydrogen (secondary N) is 1. The maximum atomic E-state index is 13.5. The first-order chi connectivity index (χ1) is 9.31. The molecule has 2 rings (SSSR count). The van der Waals surface area contributed by atoms with Crippen molar-refractivity contribution < 1.29 is 17.6 Å². The molecule has 0 bridgehead atoms. The molecule has 6 heteroatoms. The largest absolute Gasteiger partial charge is 0.416 e. The van der Waals surface area contributed by atoms with E-state index in [1.165, 1.54) is 19.2 Å². The molecule has 0 spiro atoms. The average Bonchev–Trinajstić information content (AvgIpc) is 2.40. The van der Waals surface area contributed by atoms with Gasteiger partial charge in [0.1, 0.15) is 11.6 Å². The maximum Gasteiger partial charge on any atom is 0.416 e. The van der Waals surface area contributed by atoms with Gasteiger partial charge in [-0.05, 0) is 30.7 Å². The van der Waals surface area contributed by atoms with E-state index >= 15 is 0 Å². The summed E-state index contributed by atoms with van der Waals surface area (Å²) in [6.45, 7) is 1.58. The molecule has 0 amide bonds. The van der Waals surface area contributed by atoms with Crippen LogP contribution in [-0.2, 0) is 6.18 Å². The smallest absolute Gasteiger partial charge is 0.373 e. The molecule has 0 aliphatic carbocycles. The molecule has 1 N–H and O–H groups in total. The van der Waals surface area contributed by atoms with Crippen LogP contribution in [0.5, 0.6) is 0 Å². The second-order valence-corrected chi connectivity index (χ2v) is 4.34. The number of nitrogens with zero attached hydrogens (tertiary/aromatic N) is 1. The number of benzene rings is 1. The van der Waals surface area contributed by atoms with Gasteiger partial charge in [0, 0.05) is 12.6 Å². The molecule has 0 atom stereocenters. The van der Waals surface area contributed by atoms with Gasteiger partial charge in [0.15, 0.2) is 0 Å². The van der Waals surface area contributed by atoms with Crippen molar-refractivity contribution in [1.82, 2.24) is 4.98 Å². The number of aryl methyl sites for hydroxylation is 1. The van der Waals surface area contributed by atoms with Crippen LogP contribution in [-0.4, -0.2) is 12.0 Å². The van der Waals surface area contributed by atoms with Crippen molar-refractivity contribution in [2.24, 2.45) is 0 Å². The minimum Gasteiger partial charge on any atom is -0.373 e. The van der Waals surface area contributed by atoms with Gasteiger partial charge in [-0.25, -0.2) is 9.37 Å². The summed E-state index contributed by atoms with van der Waals surface area (Å²) >= 11 is 0. The lowest BCUT2D eigenvalue weighted by Crippen LogP contribution is -2.07. The standard InChI is InChI=1S/C14H12F4N2/c1-8-3-4-9(5-11(8)15)12-6-10(14(16,17)18)7-13(19-2)20-12/h3-7H,1-2H3,(H,19,20). The molecule has 0 saturated carbocycles. The van der Waals surface area contributed by atoms with Crippen molar-refractivity contribution in [2.45, 2.75) is 13.1 Å². The van der Waals surface area contributed by atoms with E-state index in [9.17, 15) is 17.6 Å². The van der Waals surface area contributed by atoms with E-state index in [4.69, 9.17) is 0 Å². The number of aromatic nitrogens is 1. The number of hydrogen-bond donors (Lipinski definition) is 1. The van der Waals surface area contributed by atoms with Crippen molar-refractivity contribution in [3.63, 3.8) is 0 Å². The SMILES string of the molecule is CNc1cc(C(F)(F)F)cc(-c2ccc(C)c(F)c2)n1. The first-order valence-corrected chi connectivity index (χ1v) is 5.85. The van der Waals surface area contributed by atoms with Crippen molar-refractivity contribution in [3.8, 4) is 11.3 Å². The number of rotatable bonds is 2. The lowest BCUT2D eigenvalue weighted by atomic mass is 10.1. The van der Waals surface area contributed by atoms with Crippen molar-refractivity contribution in [1.29, 1.82) is 0 Å². The second-order valence-electron chi connectivity index (χ2n) is 4.34. The number of hydrogen-bond acceptors (Lipinski definition) is 2. The topological polar surface area (TPSA) is 24.9 Å². The third-order valence-electron chi connectivity index (χ3n) is 2.88. The molecule has 0 aliphatic rings. The van der Waals surface area contributed by atoms with Crippen LogP contribution in [0.25, 0.3) is 11.3 Å². The predicted octanol–water partition coefficient (Wildman–Crippen LogP) is 4.26. The van der Waals surface area contributed by atoms with Crippen LogP contribution in [0.2, 0.25) is 0 Å². The molecule has 0 unspecified atom stereocenters. The number of anilines is 1. The Morgan fingerprint density at radius 3 is 2.35 bits per heavy atom. The Hall–Kier alpha value is -2.11. The molecule has 0 aliphatic heterocycles. The number of pyridine rings is 1. The fourth-order valence-electron chi connectivity index (χ4n) is 1.72. The molecule has 0 saturated heterocycles. The summed E-state index contributed by atoms with van der Waals surface area (Å²) in [7, 11) is 1.47.